The zero-order valence-corrected chi connectivity index (χ0v) is 7.78. The van der Waals surface area contributed by atoms with Crippen molar-refractivity contribution in [2.24, 2.45) is 5.73 Å². The van der Waals surface area contributed by atoms with Crippen LogP contribution in [-0.2, 0) is 4.79 Å². The van der Waals surface area contributed by atoms with Gasteiger partial charge >= 0.3 is 0 Å². The van der Waals surface area contributed by atoms with Crippen molar-refractivity contribution in [2.45, 2.75) is 6.92 Å². The summed E-state index contributed by atoms with van der Waals surface area (Å²) in [6.45, 7) is 1.67. The highest BCUT2D eigenvalue weighted by molar-refractivity contribution is 5.96. The number of amides is 2. The van der Waals surface area contributed by atoms with Crippen LogP contribution in [0.1, 0.15) is 15.9 Å². The van der Waals surface area contributed by atoms with Crippen LogP contribution < -0.4 is 11.1 Å². The fraction of sp³-hybridized carbons (Fsp3) is 0.222. The highest BCUT2D eigenvalue weighted by Gasteiger charge is 2.06. The first kappa shape index (κ1) is 10.2. The molecule has 74 valence electrons. The number of aromatic nitrogens is 1. The number of pyridine rings is 1. The van der Waals surface area contributed by atoms with E-state index in [-0.39, 0.29) is 12.5 Å². The Balaban J connectivity index is 2.65. The van der Waals surface area contributed by atoms with Crippen LogP contribution in [-0.4, -0.2) is 23.3 Å². The molecule has 5 heteroatoms. The molecule has 1 heterocycles. The van der Waals surface area contributed by atoms with Gasteiger partial charge in [-0.2, -0.15) is 0 Å². The lowest BCUT2D eigenvalue weighted by molar-refractivity contribution is -0.117. The summed E-state index contributed by atoms with van der Waals surface area (Å²) in [7, 11) is 0. The van der Waals surface area contributed by atoms with Gasteiger partial charge in [0.05, 0.1) is 12.1 Å². The van der Waals surface area contributed by atoms with Gasteiger partial charge in [0.1, 0.15) is 0 Å². The molecule has 2 amide bonds. The second-order valence-electron chi connectivity index (χ2n) is 2.90. The fourth-order valence-corrected chi connectivity index (χ4v) is 0.949. The molecule has 0 aliphatic carbocycles. The molecule has 1 aromatic heterocycles. The van der Waals surface area contributed by atoms with Gasteiger partial charge in [-0.1, -0.05) is 0 Å². The molecule has 0 saturated carbocycles. The Labute approximate surface area is 81.3 Å². The van der Waals surface area contributed by atoms with E-state index < -0.39 is 5.91 Å². The number of nitrogens with one attached hydrogen (secondary N) is 1. The van der Waals surface area contributed by atoms with Crippen LogP contribution in [0.25, 0.3) is 0 Å². The standard InChI is InChI=1S/C9H11N3O2/c1-6-2-7(4-11-3-6)9(14)12-5-8(10)13/h2-4H,5H2,1H3,(H2,10,13)(H,12,14). The van der Waals surface area contributed by atoms with Gasteiger partial charge in [-0.3, -0.25) is 14.6 Å². The first-order chi connectivity index (χ1) is 6.59. The number of hydrogen-bond donors (Lipinski definition) is 2. The fourth-order valence-electron chi connectivity index (χ4n) is 0.949. The summed E-state index contributed by atoms with van der Waals surface area (Å²) in [5, 5.41) is 2.37. The molecular weight excluding hydrogens is 182 g/mol. The SMILES string of the molecule is Cc1cncc(C(=O)NCC(N)=O)c1. The first-order valence-corrected chi connectivity index (χ1v) is 4.08. The van der Waals surface area contributed by atoms with Crippen molar-refractivity contribution in [2.75, 3.05) is 6.54 Å². The maximum Gasteiger partial charge on any atom is 0.253 e. The Hall–Kier alpha value is -1.91. The molecule has 5 nitrogen and oxygen atoms in total. The lowest BCUT2D eigenvalue weighted by Gasteiger charge is -2.02. The second-order valence-corrected chi connectivity index (χ2v) is 2.90. The van der Waals surface area contributed by atoms with E-state index in [1.54, 1.807) is 12.3 Å². The largest absolute Gasteiger partial charge is 0.368 e. The molecule has 0 saturated heterocycles. The minimum atomic E-state index is -0.570. The lowest BCUT2D eigenvalue weighted by Crippen LogP contribution is -2.33. The number of aryl methyl sites for hydroxylation is 1. The van der Waals surface area contributed by atoms with Crippen molar-refractivity contribution < 1.29 is 9.59 Å². The minimum Gasteiger partial charge on any atom is -0.368 e. The quantitative estimate of drug-likeness (QED) is 0.685. The van der Waals surface area contributed by atoms with Gasteiger partial charge in [0.25, 0.3) is 5.91 Å². The summed E-state index contributed by atoms with van der Waals surface area (Å²) < 4.78 is 0. The third kappa shape index (κ3) is 2.85. The van der Waals surface area contributed by atoms with Crippen LogP contribution in [0, 0.1) is 6.92 Å². The van der Waals surface area contributed by atoms with Gasteiger partial charge in [0.2, 0.25) is 5.91 Å². The molecule has 0 aliphatic heterocycles. The highest BCUT2D eigenvalue weighted by Crippen LogP contribution is 2.00. The third-order valence-corrected chi connectivity index (χ3v) is 1.56. The Kier molecular flexibility index (Phi) is 3.17. The molecule has 0 atom stereocenters. The number of primary amides is 1. The summed E-state index contributed by atoms with van der Waals surface area (Å²) in [5.74, 6) is -0.918. The summed E-state index contributed by atoms with van der Waals surface area (Å²) >= 11 is 0. The summed E-state index contributed by atoms with van der Waals surface area (Å²) in [5.41, 5.74) is 6.19. The van der Waals surface area contributed by atoms with Crippen LogP contribution in [0.4, 0.5) is 0 Å². The third-order valence-electron chi connectivity index (χ3n) is 1.56. The lowest BCUT2D eigenvalue weighted by atomic mass is 10.2. The molecule has 0 aromatic carbocycles. The van der Waals surface area contributed by atoms with Crippen LogP contribution in [0.2, 0.25) is 0 Å². The molecule has 1 rings (SSSR count). The zero-order chi connectivity index (χ0) is 10.6. The molecule has 0 unspecified atom stereocenters. The Morgan fingerprint density at radius 2 is 2.21 bits per heavy atom. The smallest absolute Gasteiger partial charge is 0.253 e. The van der Waals surface area contributed by atoms with Gasteiger partial charge < -0.3 is 11.1 Å². The Morgan fingerprint density at radius 1 is 1.50 bits per heavy atom. The van der Waals surface area contributed by atoms with Crippen LogP contribution in [0.5, 0.6) is 0 Å². The van der Waals surface area contributed by atoms with E-state index in [0.717, 1.165) is 5.56 Å². The average molecular weight is 193 g/mol. The predicted molar refractivity (Wildman–Crippen MR) is 50.5 cm³/mol. The van der Waals surface area contributed by atoms with Crippen LogP contribution in [0.15, 0.2) is 18.5 Å². The van der Waals surface area contributed by atoms with E-state index >= 15 is 0 Å². The Bertz CT molecular complexity index is 363. The molecule has 1 aromatic rings. The topological polar surface area (TPSA) is 85.1 Å². The summed E-state index contributed by atoms with van der Waals surface area (Å²) in [6.07, 6.45) is 3.08. The second kappa shape index (κ2) is 4.36. The average Bonchev–Trinajstić information content (AvgIpc) is 2.14. The number of carbonyl (C=O) groups is 2. The predicted octanol–water partition coefficient (Wildman–Crippen LogP) is -0.395. The molecule has 0 aliphatic rings. The molecular formula is C9H11N3O2. The van der Waals surface area contributed by atoms with E-state index in [2.05, 4.69) is 10.3 Å². The molecule has 0 spiro atoms. The first-order valence-electron chi connectivity index (χ1n) is 4.08. The number of hydrogen-bond acceptors (Lipinski definition) is 3. The normalized spacial score (nSPS) is 9.50. The van der Waals surface area contributed by atoms with Crippen molar-refractivity contribution in [1.82, 2.24) is 10.3 Å². The van der Waals surface area contributed by atoms with Gasteiger partial charge in [-0.25, -0.2) is 0 Å². The minimum absolute atomic E-state index is 0.160. The van der Waals surface area contributed by atoms with E-state index in [1.807, 2.05) is 6.92 Å². The maximum atomic E-state index is 11.3. The van der Waals surface area contributed by atoms with E-state index in [9.17, 15) is 9.59 Å². The van der Waals surface area contributed by atoms with Crippen LogP contribution >= 0.6 is 0 Å². The molecule has 0 radical (unpaired) electrons. The van der Waals surface area contributed by atoms with Crippen molar-refractivity contribution in [1.29, 1.82) is 0 Å². The van der Waals surface area contributed by atoms with Crippen LogP contribution in [0.3, 0.4) is 0 Å². The van der Waals surface area contributed by atoms with Gasteiger partial charge in [-0.15, -0.1) is 0 Å². The van der Waals surface area contributed by atoms with E-state index in [0.29, 0.717) is 5.56 Å². The maximum absolute atomic E-state index is 11.3. The van der Waals surface area contributed by atoms with Crippen molar-refractivity contribution >= 4 is 11.8 Å². The zero-order valence-electron chi connectivity index (χ0n) is 7.78. The van der Waals surface area contributed by atoms with E-state index in [1.165, 1.54) is 6.20 Å². The van der Waals surface area contributed by atoms with E-state index in [4.69, 9.17) is 5.73 Å². The summed E-state index contributed by atoms with van der Waals surface area (Å²) in [6, 6.07) is 1.68. The summed E-state index contributed by atoms with van der Waals surface area (Å²) in [4.78, 5) is 25.6. The van der Waals surface area contributed by atoms with Gasteiger partial charge in [0.15, 0.2) is 0 Å². The van der Waals surface area contributed by atoms with Crippen molar-refractivity contribution in [3.63, 3.8) is 0 Å². The highest BCUT2D eigenvalue weighted by atomic mass is 16.2. The van der Waals surface area contributed by atoms with Crippen molar-refractivity contribution in [3.05, 3.63) is 29.6 Å². The van der Waals surface area contributed by atoms with Gasteiger partial charge in [0, 0.05) is 12.4 Å². The number of nitrogens with two attached hydrogens (primary N) is 1. The Morgan fingerprint density at radius 3 is 2.79 bits per heavy atom. The molecule has 0 bridgehead atoms. The van der Waals surface area contributed by atoms with Crippen molar-refractivity contribution in [3.8, 4) is 0 Å². The molecule has 14 heavy (non-hydrogen) atoms. The molecule has 0 fully saturated rings. The van der Waals surface area contributed by atoms with Gasteiger partial charge in [-0.05, 0) is 18.6 Å². The molecule has 3 N–H and O–H groups in total. The number of rotatable bonds is 3. The monoisotopic (exact) mass is 193 g/mol. The number of carbonyl (C=O) groups excluding carboxylic acids is 2. The number of nitrogens with zero attached hydrogens (tertiary/aromatic N) is 1.